The molecular formula is C23H22F2N2O5. The van der Waals surface area contributed by atoms with Gasteiger partial charge < -0.3 is 15.5 Å². The van der Waals surface area contributed by atoms with Crippen molar-refractivity contribution < 1.29 is 33.4 Å². The number of phenolic OH excluding ortho intramolecular Hbond substituents is 1. The Morgan fingerprint density at radius 3 is 2.47 bits per heavy atom. The van der Waals surface area contributed by atoms with Crippen LogP contribution in [0.2, 0.25) is 0 Å². The molecule has 0 aliphatic carbocycles. The quantitative estimate of drug-likeness (QED) is 0.518. The molecule has 0 bridgehead atoms. The minimum Gasteiger partial charge on any atom is -0.508 e. The normalized spacial score (nSPS) is 12.0. The molecule has 0 unspecified atom stereocenters. The first kappa shape index (κ1) is 22.9. The van der Waals surface area contributed by atoms with Gasteiger partial charge in [0.15, 0.2) is 11.6 Å². The van der Waals surface area contributed by atoms with Crippen molar-refractivity contribution in [2.75, 3.05) is 6.54 Å². The highest BCUT2D eigenvalue weighted by Gasteiger charge is 2.22. The molecule has 32 heavy (non-hydrogen) atoms. The predicted molar refractivity (Wildman–Crippen MR) is 113 cm³/mol. The molecule has 1 aromatic heterocycles. The van der Waals surface area contributed by atoms with Crippen LogP contribution in [0.3, 0.4) is 0 Å². The molecule has 9 heteroatoms. The summed E-state index contributed by atoms with van der Waals surface area (Å²) in [6.07, 6.45) is 0.248. The maximum absolute atomic E-state index is 13.7. The molecule has 0 aliphatic heterocycles. The number of benzene rings is 2. The summed E-state index contributed by atoms with van der Waals surface area (Å²) in [5, 5.41) is 21.9. The molecule has 0 radical (unpaired) electrons. The summed E-state index contributed by atoms with van der Waals surface area (Å²) in [5.41, 5.74) is 1.52. The van der Waals surface area contributed by atoms with Gasteiger partial charge in [0.2, 0.25) is 5.91 Å². The Morgan fingerprint density at radius 2 is 1.81 bits per heavy atom. The Bertz CT molecular complexity index is 1220. The number of aromatic nitrogens is 1. The van der Waals surface area contributed by atoms with Gasteiger partial charge in [0.1, 0.15) is 5.75 Å². The molecular weight excluding hydrogens is 422 g/mol. The zero-order chi connectivity index (χ0) is 23.6. The lowest BCUT2D eigenvalue weighted by atomic mass is 10.1. The number of halogens is 2. The number of hydrogen-bond donors (Lipinski definition) is 3. The van der Waals surface area contributed by atoms with Crippen LogP contribution in [0.15, 0.2) is 36.4 Å². The molecule has 0 saturated carbocycles. The van der Waals surface area contributed by atoms with Crippen molar-refractivity contribution in [3.05, 3.63) is 64.9 Å². The first-order valence-corrected chi connectivity index (χ1v) is 9.92. The monoisotopic (exact) mass is 444 g/mol. The van der Waals surface area contributed by atoms with E-state index in [0.717, 1.165) is 12.1 Å². The average Bonchev–Trinajstić information content (AvgIpc) is 3.02. The smallest absolute Gasteiger partial charge is 0.308 e. The van der Waals surface area contributed by atoms with E-state index in [0.29, 0.717) is 22.2 Å². The summed E-state index contributed by atoms with van der Waals surface area (Å²) in [5.74, 6) is -4.92. The number of aryl methyl sites for hydroxylation is 1. The van der Waals surface area contributed by atoms with Gasteiger partial charge in [-0.05, 0) is 55.3 Å². The van der Waals surface area contributed by atoms with E-state index < -0.39 is 29.4 Å². The fraction of sp³-hybridized carbons (Fsp3) is 0.261. The highest BCUT2D eigenvalue weighted by molar-refractivity contribution is 6.04. The molecule has 0 spiro atoms. The Balaban J connectivity index is 1.92. The number of rotatable bonds is 7. The summed E-state index contributed by atoms with van der Waals surface area (Å²) in [7, 11) is 0. The van der Waals surface area contributed by atoms with Gasteiger partial charge in [0.05, 0.1) is 11.4 Å². The highest BCUT2D eigenvalue weighted by atomic mass is 19.2. The number of carbonyl (C=O) groups excluding carboxylic acids is 2. The van der Waals surface area contributed by atoms with Crippen molar-refractivity contribution in [3.63, 3.8) is 0 Å². The number of fused-ring (bicyclic) bond motifs is 1. The maximum atomic E-state index is 13.7. The van der Waals surface area contributed by atoms with Crippen molar-refractivity contribution in [1.82, 2.24) is 9.88 Å². The van der Waals surface area contributed by atoms with Crippen LogP contribution < -0.4 is 5.32 Å². The summed E-state index contributed by atoms with van der Waals surface area (Å²) in [4.78, 5) is 36.2. The Morgan fingerprint density at radius 1 is 1.09 bits per heavy atom. The van der Waals surface area contributed by atoms with E-state index in [1.54, 1.807) is 6.92 Å². The van der Waals surface area contributed by atoms with Gasteiger partial charge in [-0.1, -0.05) is 6.92 Å². The molecule has 3 rings (SSSR count). The van der Waals surface area contributed by atoms with E-state index in [4.69, 9.17) is 5.11 Å². The molecule has 7 nitrogen and oxygen atoms in total. The van der Waals surface area contributed by atoms with Crippen LogP contribution in [0.1, 0.15) is 35.0 Å². The van der Waals surface area contributed by atoms with Crippen LogP contribution in [0.25, 0.3) is 10.9 Å². The second kappa shape index (κ2) is 9.17. The molecule has 0 saturated heterocycles. The topological polar surface area (TPSA) is 109 Å². The number of aliphatic carboxylic acids is 1. The van der Waals surface area contributed by atoms with Gasteiger partial charge in [0, 0.05) is 29.6 Å². The molecule has 1 atom stereocenters. The van der Waals surface area contributed by atoms with Crippen LogP contribution in [0.4, 0.5) is 8.78 Å². The van der Waals surface area contributed by atoms with Gasteiger partial charge >= 0.3 is 5.97 Å². The van der Waals surface area contributed by atoms with Crippen molar-refractivity contribution >= 4 is 28.7 Å². The maximum Gasteiger partial charge on any atom is 0.308 e. The Kier molecular flexibility index (Phi) is 6.57. The number of carboxylic acid groups (broad SMARTS) is 1. The summed E-state index contributed by atoms with van der Waals surface area (Å²) in [6.45, 7) is 3.13. The van der Waals surface area contributed by atoms with Gasteiger partial charge in [-0.15, -0.1) is 0 Å². The number of nitrogens with one attached hydrogen (secondary N) is 1. The minimum absolute atomic E-state index is 0.00961. The third-order valence-corrected chi connectivity index (χ3v) is 5.32. The number of hydrogen-bond acceptors (Lipinski definition) is 4. The van der Waals surface area contributed by atoms with Crippen molar-refractivity contribution in [2.24, 2.45) is 5.92 Å². The van der Waals surface area contributed by atoms with Gasteiger partial charge in [0.25, 0.3) is 5.91 Å². The van der Waals surface area contributed by atoms with E-state index in [1.807, 2.05) is 0 Å². The van der Waals surface area contributed by atoms with E-state index in [1.165, 1.54) is 35.8 Å². The SMILES string of the molecule is Cc1c(CCC(=O)NC[C@H](C)C(=O)O)c2cc(O)ccc2n1C(=O)c1ccc(F)c(F)c1. The number of phenols is 1. The molecule has 0 aliphatic rings. The molecule has 1 heterocycles. The number of aromatic hydroxyl groups is 1. The van der Waals surface area contributed by atoms with Crippen LogP contribution >= 0.6 is 0 Å². The van der Waals surface area contributed by atoms with E-state index in [-0.39, 0.29) is 36.6 Å². The third kappa shape index (κ3) is 4.61. The van der Waals surface area contributed by atoms with Gasteiger partial charge in [-0.25, -0.2) is 8.78 Å². The predicted octanol–water partition coefficient (Wildman–Crippen LogP) is 3.39. The molecule has 2 aromatic carbocycles. The number of carbonyl (C=O) groups is 3. The van der Waals surface area contributed by atoms with Gasteiger partial charge in [-0.3, -0.25) is 19.0 Å². The Hall–Kier alpha value is -3.75. The zero-order valence-corrected chi connectivity index (χ0v) is 17.5. The average molecular weight is 444 g/mol. The van der Waals surface area contributed by atoms with Crippen molar-refractivity contribution in [1.29, 1.82) is 0 Å². The lowest BCUT2D eigenvalue weighted by molar-refractivity contribution is -0.141. The molecule has 3 N–H and O–H groups in total. The second-order valence-electron chi connectivity index (χ2n) is 7.58. The lowest BCUT2D eigenvalue weighted by Crippen LogP contribution is -2.31. The largest absolute Gasteiger partial charge is 0.508 e. The van der Waals surface area contributed by atoms with Crippen molar-refractivity contribution in [2.45, 2.75) is 26.7 Å². The first-order valence-electron chi connectivity index (χ1n) is 9.92. The van der Waals surface area contributed by atoms with E-state index in [9.17, 15) is 28.3 Å². The number of carboxylic acids is 1. The zero-order valence-electron chi connectivity index (χ0n) is 17.5. The lowest BCUT2D eigenvalue weighted by Gasteiger charge is -2.09. The van der Waals surface area contributed by atoms with Crippen molar-refractivity contribution in [3.8, 4) is 5.75 Å². The van der Waals surface area contributed by atoms with Crippen LogP contribution in [-0.4, -0.2) is 39.1 Å². The van der Waals surface area contributed by atoms with Gasteiger partial charge in [-0.2, -0.15) is 0 Å². The fourth-order valence-corrected chi connectivity index (χ4v) is 3.49. The minimum atomic E-state index is -1.14. The van der Waals surface area contributed by atoms with Crippen LogP contribution in [0.5, 0.6) is 5.75 Å². The molecule has 0 fully saturated rings. The second-order valence-corrected chi connectivity index (χ2v) is 7.58. The number of amides is 1. The van der Waals surface area contributed by atoms with Crippen LogP contribution in [-0.2, 0) is 16.0 Å². The van der Waals surface area contributed by atoms with Crippen LogP contribution in [0, 0.1) is 24.5 Å². The van der Waals surface area contributed by atoms with E-state index in [2.05, 4.69) is 5.32 Å². The highest BCUT2D eigenvalue weighted by Crippen LogP contribution is 2.31. The number of nitrogens with zero attached hydrogens (tertiary/aromatic N) is 1. The summed E-state index contributed by atoms with van der Waals surface area (Å²) in [6, 6.07) is 7.28. The first-order chi connectivity index (χ1) is 15.1. The Labute approximate surface area is 182 Å². The summed E-state index contributed by atoms with van der Waals surface area (Å²) >= 11 is 0. The fourth-order valence-electron chi connectivity index (χ4n) is 3.49. The molecule has 1 amide bonds. The van der Waals surface area contributed by atoms with E-state index >= 15 is 0 Å². The molecule has 3 aromatic rings. The third-order valence-electron chi connectivity index (χ3n) is 5.32. The molecule has 168 valence electrons. The standard InChI is InChI=1S/C23H22F2N2O5/c1-12(23(31)32)11-26-21(29)8-5-16-13(2)27(20-7-4-15(28)10-17(16)20)22(30)14-3-6-18(24)19(25)9-14/h3-4,6-7,9-10,12,28H,5,8,11H2,1-2H3,(H,26,29)(H,31,32)/t12-/m0/s1. The summed E-state index contributed by atoms with van der Waals surface area (Å²) < 4.78 is 28.3.